The predicted molar refractivity (Wildman–Crippen MR) is 75.8 cm³/mol. The predicted octanol–water partition coefficient (Wildman–Crippen LogP) is 1.54. The molecule has 0 spiro atoms. The zero-order valence-corrected chi connectivity index (χ0v) is 12.5. The maximum atomic E-state index is 12.3. The molecule has 0 saturated heterocycles. The molecule has 5 nitrogen and oxygen atoms in total. The fourth-order valence-corrected chi connectivity index (χ4v) is 2.56. The summed E-state index contributed by atoms with van der Waals surface area (Å²) >= 11 is 0. The number of carbonyl (C=O) groups is 1. The highest BCUT2D eigenvalue weighted by Crippen LogP contribution is 2.19. The summed E-state index contributed by atoms with van der Waals surface area (Å²) in [6.07, 6.45) is 1.09. The van der Waals surface area contributed by atoms with Gasteiger partial charge in [-0.1, -0.05) is 0 Å². The van der Waals surface area contributed by atoms with Crippen LogP contribution in [0.15, 0.2) is 23.1 Å². The summed E-state index contributed by atoms with van der Waals surface area (Å²) in [5.41, 5.74) is 6.25. The Bertz CT molecular complexity index is 580. The van der Waals surface area contributed by atoms with E-state index in [0.717, 1.165) is 6.26 Å². The van der Waals surface area contributed by atoms with E-state index < -0.39 is 9.84 Å². The first-order chi connectivity index (χ1) is 8.66. The zero-order valence-electron chi connectivity index (χ0n) is 11.7. The SMILES string of the molecule is CCN(C(=O)c1cc(N)cc(S(C)(=O)=O)c1)C(C)C. The number of sulfone groups is 1. The van der Waals surface area contributed by atoms with Crippen LogP contribution in [-0.4, -0.2) is 38.1 Å². The van der Waals surface area contributed by atoms with Gasteiger partial charge >= 0.3 is 0 Å². The third-order valence-corrected chi connectivity index (χ3v) is 3.92. The Morgan fingerprint density at radius 3 is 2.32 bits per heavy atom. The van der Waals surface area contributed by atoms with Gasteiger partial charge in [0.05, 0.1) is 4.90 Å². The fourth-order valence-electron chi connectivity index (χ4n) is 1.87. The van der Waals surface area contributed by atoms with Crippen molar-refractivity contribution in [1.29, 1.82) is 0 Å². The number of rotatable bonds is 4. The van der Waals surface area contributed by atoms with E-state index in [9.17, 15) is 13.2 Å². The van der Waals surface area contributed by atoms with Crippen molar-refractivity contribution in [3.63, 3.8) is 0 Å². The van der Waals surface area contributed by atoms with Gasteiger partial charge in [-0.2, -0.15) is 0 Å². The molecule has 0 atom stereocenters. The maximum Gasteiger partial charge on any atom is 0.254 e. The molecule has 0 radical (unpaired) electrons. The molecule has 0 unspecified atom stereocenters. The van der Waals surface area contributed by atoms with Gasteiger partial charge in [-0.15, -0.1) is 0 Å². The van der Waals surface area contributed by atoms with Crippen molar-refractivity contribution in [2.45, 2.75) is 31.7 Å². The summed E-state index contributed by atoms with van der Waals surface area (Å²) in [7, 11) is -3.38. The topological polar surface area (TPSA) is 80.5 Å². The van der Waals surface area contributed by atoms with Gasteiger partial charge in [-0.3, -0.25) is 4.79 Å². The summed E-state index contributed by atoms with van der Waals surface area (Å²) in [4.78, 5) is 14.0. The molecule has 0 bridgehead atoms. The molecule has 6 heteroatoms. The Kier molecular flexibility index (Phi) is 4.57. The molecular formula is C13H20N2O3S. The average Bonchev–Trinajstić information content (AvgIpc) is 2.27. The quantitative estimate of drug-likeness (QED) is 0.850. The van der Waals surface area contributed by atoms with E-state index >= 15 is 0 Å². The monoisotopic (exact) mass is 284 g/mol. The number of carbonyl (C=O) groups excluding carboxylic acids is 1. The van der Waals surface area contributed by atoms with Gasteiger partial charge in [0.1, 0.15) is 0 Å². The summed E-state index contributed by atoms with van der Waals surface area (Å²) in [6.45, 7) is 6.25. The van der Waals surface area contributed by atoms with Crippen LogP contribution in [0.25, 0.3) is 0 Å². The summed E-state index contributed by atoms with van der Waals surface area (Å²) in [6, 6.07) is 4.28. The third-order valence-electron chi connectivity index (χ3n) is 2.83. The molecule has 0 aliphatic heterocycles. The first-order valence-electron chi connectivity index (χ1n) is 6.08. The Morgan fingerprint density at radius 1 is 1.32 bits per heavy atom. The lowest BCUT2D eigenvalue weighted by molar-refractivity contribution is 0.0716. The lowest BCUT2D eigenvalue weighted by atomic mass is 10.1. The first kappa shape index (κ1) is 15.5. The molecule has 19 heavy (non-hydrogen) atoms. The molecule has 0 aliphatic rings. The Hall–Kier alpha value is -1.56. The molecular weight excluding hydrogens is 264 g/mol. The molecule has 0 aliphatic carbocycles. The van der Waals surface area contributed by atoms with E-state index in [0.29, 0.717) is 12.1 Å². The number of hydrogen-bond donors (Lipinski definition) is 1. The van der Waals surface area contributed by atoms with Crippen LogP contribution in [0.2, 0.25) is 0 Å². The van der Waals surface area contributed by atoms with E-state index in [1.54, 1.807) is 4.90 Å². The standard InChI is InChI=1S/C13H20N2O3S/c1-5-15(9(2)3)13(16)10-6-11(14)8-12(7-10)19(4,17)18/h6-9H,5,14H2,1-4H3. The van der Waals surface area contributed by atoms with Crippen LogP contribution in [0.5, 0.6) is 0 Å². The first-order valence-corrected chi connectivity index (χ1v) is 7.97. The number of hydrogen-bond acceptors (Lipinski definition) is 4. The van der Waals surface area contributed by atoms with E-state index in [4.69, 9.17) is 5.73 Å². The maximum absolute atomic E-state index is 12.3. The van der Waals surface area contributed by atoms with Crippen LogP contribution in [-0.2, 0) is 9.84 Å². The molecule has 1 rings (SSSR count). The van der Waals surface area contributed by atoms with Crippen molar-refractivity contribution in [3.8, 4) is 0 Å². The summed E-state index contributed by atoms with van der Waals surface area (Å²) < 4.78 is 23.1. The normalized spacial score (nSPS) is 11.6. The summed E-state index contributed by atoms with van der Waals surface area (Å²) in [5, 5.41) is 0. The fraction of sp³-hybridized carbons (Fsp3) is 0.462. The molecule has 0 fully saturated rings. The zero-order chi connectivity index (χ0) is 14.8. The van der Waals surface area contributed by atoms with Crippen LogP contribution >= 0.6 is 0 Å². The van der Waals surface area contributed by atoms with Crippen LogP contribution in [0.3, 0.4) is 0 Å². The van der Waals surface area contributed by atoms with Gasteiger partial charge in [-0.25, -0.2) is 8.42 Å². The Morgan fingerprint density at radius 2 is 1.89 bits per heavy atom. The Labute approximate surface area is 114 Å². The van der Waals surface area contributed by atoms with Crippen LogP contribution < -0.4 is 5.73 Å². The smallest absolute Gasteiger partial charge is 0.254 e. The second-order valence-corrected chi connectivity index (χ2v) is 6.76. The molecule has 0 heterocycles. The number of nitrogens with zero attached hydrogens (tertiary/aromatic N) is 1. The molecule has 1 aromatic rings. The van der Waals surface area contributed by atoms with E-state index in [-0.39, 0.29) is 22.5 Å². The van der Waals surface area contributed by atoms with Crippen molar-refractivity contribution >= 4 is 21.4 Å². The van der Waals surface area contributed by atoms with Crippen LogP contribution in [0.1, 0.15) is 31.1 Å². The second-order valence-electron chi connectivity index (χ2n) is 4.75. The number of benzene rings is 1. The van der Waals surface area contributed by atoms with Gasteiger partial charge < -0.3 is 10.6 Å². The van der Waals surface area contributed by atoms with Gasteiger partial charge in [0.25, 0.3) is 5.91 Å². The van der Waals surface area contributed by atoms with Crippen molar-refractivity contribution < 1.29 is 13.2 Å². The molecule has 0 saturated carbocycles. The minimum atomic E-state index is -3.38. The molecule has 0 aromatic heterocycles. The number of nitrogens with two attached hydrogens (primary N) is 1. The minimum Gasteiger partial charge on any atom is -0.399 e. The van der Waals surface area contributed by atoms with E-state index in [1.807, 2.05) is 20.8 Å². The Balaban J connectivity index is 3.28. The molecule has 1 aromatic carbocycles. The number of nitrogen functional groups attached to an aromatic ring is 1. The summed E-state index contributed by atoms with van der Waals surface area (Å²) in [5.74, 6) is -0.213. The molecule has 1 amide bonds. The third kappa shape index (κ3) is 3.70. The van der Waals surface area contributed by atoms with Crippen molar-refractivity contribution in [2.24, 2.45) is 0 Å². The van der Waals surface area contributed by atoms with Gasteiger partial charge in [0.15, 0.2) is 9.84 Å². The highest BCUT2D eigenvalue weighted by Gasteiger charge is 2.19. The van der Waals surface area contributed by atoms with E-state index in [2.05, 4.69) is 0 Å². The number of anilines is 1. The average molecular weight is 284 g/mol. The largest absolute Gasteiger partial charge is 0.399 e. The van der Waals surface area contributed by atoms with E-state index in [1.165, 1.54) is 18.2 Å². The second kappa shape index (κ2) is 5.61. The molecule has 106 valence electrons. The lowest BCUT2D eigenvalue weighted by Crippen LogP contribution is -2.36. The van der Waals surface area contributed by atoms with Crippen molar-refractivity contribution in [3.05, 3.63) is 23.8 Å². The molecule has 2 N–H and O–H groups in total. The van der Waals surface area contributed by atoms with Gasteiger partial charge in [0.2, 0.25) is 0 Å². The van der Waals surface area contributed by atoms with Crippen LogP contribution in [0.4, 0.5) is 5.69 Å². The number of amides is 1. The van der Waals surface area contributed by atoms with Gasteiger partial charge in [0, 0.05) is 30.1 Å². The van der Waals surface area contributed by atoms with Gasteiger partial charge in [-0.05, 0) is 39.0 Å². The highest BCUT2D eigenvalue weighted by molar-refractivity contribution is 7.90. The minimum absolute atomic E-state index is 0.0422. The van der Waals surface area contributed by atoms with Crippen molar-refractivity contribution in [1.82, 2.24) is 4.90 Å². The lowest BCUT2D eigenvalue weighted by Gasteiger charge is -2.25. The van der Waals surface area contributed by atoms with Crippen molar-refractivity contribution in [2.75, 3.05) is 18.5 Å². The highest BCUT2D eigenvalue weighted by atomic mass is 32.2. The van der Waals surface area contributed by atoms with Crippen LogP contribution in [0, 0.1) is 0 Å².